The van der Waals surface area contributed by atoms with Gasteiger partial charge in [-0.1, -0.05) is 294 Å². The molecule has 3 atom stereocenters. The van der Waals surface area contributed by atoms with Crippen LogP contribution in [0.3, 0.4) is 0 Å². The Hall–Kier alpha value is -2.03. The van der Waals surface area contributed by atoms with Crippen molar-refractivity contribution < 1.29 is 37.3 Å². The first-order valence-corrected chi connectivity index (χ1v) is 35.5. The Morgan fingerprint density at radius 1 is 0.443 bits per heavy atom. The summed E-state index contributed by atoms with van der Waals surface area (Å²) in [6, 6.07) is -0.845. The first kappa shape index (κ1) is 77.0. The molecule has 0 spiro atoms. The number of hydrogen-bond acceptors (Lipinski definition) is 6. The summed E-state index contributed by atoms with van der Waals surface area (Å²) in [6.07, 6.45) is 74.0. The van der Waals surface area contributed by atoms with Crippen LogP contribution in [0.2, 0.25) is 0 Å². The second kappa shape index (κ2) is 59.1. The van der Waals surface area contributed by atoms with Crippen LogP contribution in [0, 0.1) is 0 Å². The summed E-state index contributed by atoms with van der Waals surface area (Å²) in [7, 11) is 1.51. The molecule has 0 aromatic rings. The number of allylic oxidation sites excluding steroid dienone is 7. The smallest absolute Gasteiger partial charge is 0.456 e. The van der Waals surface area contributed by atoms with Gasteiger partial charge in [0.2, 0.25) is 5.91 Å². The van der Waals surface area contributed by atoms with Crippen molar-refractivity contribution in [2.24, 2.45) is 0 Å². The zero-order valence-electron chi connectivity index (χ0n) is 53.1. The Balaban J connectivity index is 5.02. The summed E-state index contributed by atoms with van der Waals surface area (Å²) in [5, 5.41) is 3.07. The summed E-state index contributed by atoms with van der Waals surface area (Å²) >= 11 is 0. The van der Waals surface area contributed by atoms with Crippen LogP contribution in [-0.4, -0.2) is 74.3 Å². The van der Waals surface area contributed by atoms with E-state index in [1.165, 1.54) is 225 Å². The van der Waals surface area contributed by atoms with Gasteiger partial charge in [-0.15, -0.1) is 0 Å². The highest BCUT2D eigenvalue weighted by Gasteiger charge is 2.30. The first-order chi connectivity index (χ1) is 38.4. The van der Waals surface area contributed by atoms with Crippen molar-refractivity contribution in [3.63, 3.8) is 0 Å². The molecule has 1 amide bonds. The Morgan fingerprint density at radius 3 is 1.18 bits per heavy atom. The molecule has 0 rings (SSSR count). The fourth-order valence-electron chi connectivity index (χ4n) is 10.0. The van der Waals surface area contributed by atoms with Gasteiger partial charge in [0.25, 0.3) is 0 Å². The summed E-state index contributed by atoms with van der Waals surface area (Å²) in [4.78, 5) is 37.8. The maximum Gasteiger partial charge on any atom is 0.472 e. The van der Waals surface area contributed by atoms with Gasteiger partial charge in [0.15, 0.2) is 0 Å². The van der Waals surface area contributed by atoms with Crippen LogP contribution in [-0.2, 0) is 27.9 Å². The van der Waals surface area contributed by atoms with E-state index in [4.69, 9.17) is 13.8 Å². The predicted molar refractivity (Wildman–Crippen MR) is 342 cm³/mol. The Labute approximate surface area is 490 Å². The van der Waals surface area contributed by atoms with E-state index >= 15 is 0 Å². The van der Waals surface area contributed by atoms with Gasteiger partial charge in [0, 0.05) is 12.8 Å². The summed E-state index contributed by atoms with van der Waals surface area (Å²) in [5.74, 6) is -0.491. The molecular weight excluding hydrogens is 1000 g/mol. The molecule has 0 aromatic heterocycles. The first-order valence-electron chi connectivity index (χ1n) is 34.0. The number of rotatable bonds is 62. The molecule has 2 N–H and O–H groups in total. The number of nitrogens with one attached hydrogen (secondary N) is 1. The normalized spacial score (nSPS) is 13.9. The van der Waals surface area contributed by atoms with Crippen LogP contribution in [0.5, 0.6) is 0 Å². The SMILES string of the molecule is CCCCC/C=C\C/C=C\C/C=C\CCCCCCCCCCCCCCCCC(=O)NC(COP(=O)(O)OCC[N+](C)(C)C)C(/C=C\CCCCCCCCCCCCC)OC(=O)CCCCCCCCCCCCCCC. The van der Waals surface area contributed by atoms with Crippen molar-refractivity contribution >= 4 is 19.7 Å². The third-order valence-electron chi connectivity index (χ3n) is 15.3. The van der Waals surface area contributed by atoms with Crippen LogP contribution in [0.25, 0.3) is 0 Å². The van der Waals surface area contributed by atoms with Crippen molar-refractivity contribution in [1.29, 1.82) is 0 Å². The molecule has 0 aliphatic carbocycles. The molecule has 0 radical (unpaired) electrons. The van der Waals surface area contributed by atoms with E-state index in [-0.39, 0.29) is 25.1 Å². The minimum absolute atomic E-state index is 0.0422. The summed E-state index contributed by atoms with van der Waals surface area (Å²) < 4.78 is 30.8. The number of ether oxygens (including phenoxy) is 1. The number of esters is 1. The lowest BCUT2D eigenvalue weighted by molar-refractivity contribution is -0.870. The minimum Gasteiger partial charge on any atom is -0.456 e. The zero-order valence-corrected chi connectivity index (χ0v) is 54.0. The van der Waals surface area contributed by atoms with Crippen molar-refractivity contribution in [3.8, 4) is 0 Å². The number of quaternary nitrogens is 1. The van der Waals surface area contributed by atoms with Crippen LogP contribution >= 0.6 is 7.82 Å². The molecule has 0 saturated heterocycles. The highest BCUT2D eigenvalue weighted by atomic mass is 31.2. The Bertz CT molecular complexity index is 1490. The monoisotopic (exact) mass is 1130 g/mol. The third kappa shape index (κ3) is 60.4. The minimum atomic E-state index is -4.45. The molecule has 9 nitrogen and oxygen atoms in total. The van der Waals surface area contributed by atoms with E-state index in [9.17, 15) is 19.0 Å². The van der Waals surface area contributed by atoms with Gasteiger partial charge in [0.1, 0.15) is 19.3 Å². The van der Waals surface area contributed by atoms with Gasteiger partial charge < -0.3 is 19.4 Å². The quantitative estimate of drug-likeness (QED) is 0.0205. The lowest BCUT2D eigenvalue weighted by Crippen LogP contribution is -2.47. The number of likely N-dealkylation sites (N-methyl/N-ethyl adjacent to an activating group) is 1. The van der Waals surface area contributed by atoms with E-state index < -0.39 is 20.0 Å². The number of nitrogens with zero attached hydrogens (tertiary/aromatic N) is 1. The maximum atomic E-state index is 13.6. The molecule has 0 heterocycles. The van der Waals surface area contributed by atoms with Gasteiger partial charge in [-0.25, -0.2) is 4.57 Å². The lowest BCUT2D eigenvalue weighted by atomic mass is 10.0. The summed E-state index contributed by atoms with van der Waals surface area (Å²) in [6.45, 7) is 7.02. The molecule has 0 fully saturated rings. The van der Waals surface area contributed by atoms with Gasteiger partial charge >= 0.3 is 13.8 Å². The van der Waals surface area contributed by atoms with Crippen LogP contribution in [0.15, 0.2) is 48.6 Å². The summed E-state index contributed by atoms with van der Waals surface area (Å²) in [5.41, 5.74) is 0. The molecule has 0 aliphatic heterocycles. The average Bonchev–Trinajstić information content (AvgIpc) is 3.41. The molecule has 3 unspecified atom stereocenters. The second-order valence-electron chi connectivity index (χ2n) is 24.4. The van der Waals surface area contributed by atoms with Gasteiger partial charge in [-0.3, -0.25) is 18.6 Å². The number of phosphoric acid groups is 1. The van der Waals surface area contributed by atoms with E-state index in [0.717, 1.165) is 70.6 Å². The molecule has 10 heteroatoms. The molecule has 0 bridgehead atoms. The largest absolute Gasteiger partial charge is 0.472 e. The fourth-order valence-corrected chi connectivity index (χ4v) is 10.7. The highest BCUT2D eigenvalue weighted by molar-refractivity contribution is 7.47. The third-order valence-corrected chi connectivity index (χ3v) is 16.3. The topological polar surface area (TPSA) is 111 Å². The Morgan fingerprint density at radius 2 is 0.772 bits per heavy atom. The number of hydrogen-bond donors (Lipinski definition) is 2. The van der Waals surface area contributed by atoms with Crippen LogP contribution in [0.4, 0.5) is 0 Å². The van der Waals surface area contributed by atoms with Crippen LogP contribution in [0.1, 0.15) is 329 Å². The maximum absolute atomic E-state index is 13.6. The van der Waals surface area contributed by atoms with Gasteiger partial charge in [-0.2, -0.15) is 0 Å². The molecule has 464 valence electrons. The Kier molecular flexibility index (Phi) is 57.6. The average molecular weight is 1130 g/mol. The van der Waals surface area contributed by atoms with Crippen molar-refractivity contribution in [2.45, 2.75) is 341 Å². The molecule has 0 aliphatic rings. The van der Waals surface area contributed by atoms with E-state index in [2.05, 4.69) is 62.5 Å². The number of phosphoric ester groups is 1. The zero-order chi connectivity index (χ0) is 57.9. The van der Waals surface area contributed by atoms with Crippen LogP contribution < -0.4 is 5.32 Å². The molecule has 79 heavy (non-hydrogen) atoms. The lowest BCUT2D eigenvalue weighted by Gasteiger charge is -2.27. The van der Waals surface area contributed by atoms with E-state index in [1.54, 1.807) is 0 Å². The van der Waals surface area contributed by atoms with Gasteiger partial charge in [0.05, 0.1) is 33.8 Å². The van der Waals surface area contributed by atoms with E-state index in [1.807, 2.05) is 33.3 Å². The number of unbranched alkanes of at least 4 members (excludes halogenated alkanes) is 40. The number of carbonyl (C=O) groups excluding carboxylic acids is 2. The second-order valence-corrected chi connectivity index (χ2v) is 25.8. The molecular formula is C69H132N2O7P+. The van der Waals surface area contributed by atoms with Crippen molar-refractivity contribution in [3.05, 3.63) is 48.6 Å². The molecule has 0 saturated carbocycles. The number of amides is 1. The van der Waals surface area contributed by atoms with E-state index in [0.29, 0.717) is 23.9 Å². The molecule has 0 aromatic carbocycles. The van der Waals surface area contributed by atoms with Crippen molar-refractivity contribution in [2.75, 3.05) is 40.9 Å². The van der Waals surface area contributed by atoms with Crippen molar-refractivity contribution in [1.82, 2.24) is 5.32 Å². The predicted octanol–water partition coefficient (Wildman–Crippen LogP) is 21.2. The number of carbonyl (C=O) groups is 2. The standard InChI is InChI=1S/C69H131N2O7P/c1-7-10-13-16-19-22-25-28-29-30-31-32-33-34-35-36-37-38-39-40-41-44-46-49-52-55-58-61-68(72)70-66(65-77-79(74,75)76-64-63-71(4,5)6)67(60-57-54-51-48-45-42-26-23-20-17-14-11-8-2)78-69(73)62-59-56-53-50-47-43-27-24-21-18-15-12-9-3/h19,22,28-29,31-32,57,60,66-67H,7-18,20-21,23-27,30,33-56,58-59,61-65H2,1-6H3,(H-,70,72,74,75)/p+1/b22-19-,29-28-,32-31-,60-57-. The highest BCUT2D eigenvalue weighted by Crippen LogP contribution is 2.43. The van der Waals surface area contributed by atoms with Gasteiger partial charge in [-0.05, 0) is 70.3 Å². The fraction of sp³-hybridized carbons (Fsp3) is 0.855.